The predicted molar refractivity (Wildman–Crippen MR) is 91.0 cm³/mol. The number of hydrogen-bond donors (Lipinski definition) is 2. The number of benzene rings is 1. The molecular weight excluding hydrogens is 310 g/mol. The Morgan fingerprint density at radius 3 is 2.70 bits per heavy atom. The van der Waals surface area contributed by atoms with Crippen molar-refractivity contribution < 1.29 is 9.59 Å². The minimum Gasteiger partial charge on any atom is -0.359 e. The summed E-state index contributed by atoms with van der Waals surface area (Å²) >= 11 is 1.47. The number of carbonyl (C=O) groups is 2. The number of amides is 2. The molecule has 0 radical (unpaired) electrons. The summed E-state index contributed by atoms with van der Waals surface area (Å²) < 4.78 is 0. The molecule has 0 bridgehead atoms. The van der Waals surface area contributed by atoms with Crippen LogP contribution in [0.2, 0.25) is 0 Å². The van der Waals surface area contributed by atoms with Crippen LogP contribution in [-0.2, 0) is 11.2 Å². The molecule has 2 aromatic rings. The molecule has 0 aliphatic heterocycles. The van der Waals surface area contributed by atoms with Crippen LogP contribution in [0.1, 0.15) is 45.3 Å². The predicted octanol–water partition coefficient (Wildman–Crippen LogP) is 2.87. The van der Waals surface area contributed by atoms with Crippen molar-refractivity contribution in [1.82, 2.24) is 10.3 Å². The molecule has 1 aromatic carbocycles. The second-order valence-corrected chi connectivity index (χ2v) is 6.79. The van der Waals surface area contributed by atoms with Crippen molar-refractivity contribution in [3.05, 3.63) is 46.0 Å². The third-order valence-corrected chi connectivity index (χ3v) is 5.10. The third-order valence-electron chi connectivity index (χ3n) is 4.05. The van der Waals surface area contributed by atoms with Crippen LogP contribution in [0.25, 0.3) is 0 Å². The lowest BCUT2D eigenvalue weighted by Crippen LogP contribution is -2.28. The van der Waals surface area contributed by atoms with Crippen molar-refractivity contribution in [2.45, 2.75) is 32.1 Å². The van der Waals surface area contributed by atoms with Gasteiger partial charge in [-0.15, -0.1) is 11.3 Å². The van der Waals surface area contributed by atoms with E-state index in [-0.39, 0.29) is 17.7 Å². The highest BCUT2D eigenvalue weighted by molar-refractivity contribution is 7.15. The molecule has 1 aromatic heterocycles. The summed E-state index contributed by atoms with van der Waals surface area (Å²) in [6.07, 6.45) is 2.70. The summed E-state index contributed by atoms with van der Waals surface area (Å²) in [5, 5.41) is 6.11. The third kappa shape index (κ3) is 3.27. The lowest BCUT2D eigenvalue weighted by atomic mass is 9.90. The van der Waals surface area contributed by atoms with Crippen LogP contribution >= 0.6 is 11.3 Å². The van der Waals surface area contributed by atoms with E-state index >= 15 is 0 Å². The van der Waals surface area contributed by atoms with Crippen molar-refractivity contribution in [3.63, 3.8) is 0 Å². The number of aryl methyl sites for hydroxylation is 2. The number of nitrogens with zero attached hydrogens (tertiary/aromatic N) is 1. The molecule has 23 heavy (non-hydrogen) atoms. The molecule has 2 amide bonds. The minimum absolute atomic E-state index is 0.00680. The molecule has 1 atom stereocenters. The summed E-state index contributed by atoms with van der Waals surface area (Å²) in [7, 11) is 1.64. The van der Waals surface area contributed by atoms with Gasteiger partial charge in [0.05, 0.1) is 11.6 Å². The quantitative estimate of drug-likeness (QED) is 0.909. The van der Waals surface area contributed by atoms with Crippen LogP contribution in [-0.4, -0.2) is 23.8 Å². The van der Waals surface area contributed by atoms with Crippen molar-refractivity contribution >= 4 is 28.3 Å². The molecule has 0 saturated carbocycles. The van der Waals surface area contributed by atoms with Crippen LogP contribution < -0.4 is 10.6 Å². The van der Waals surface area contributed by atoms with Crippen LogP contribution in [0.5, 0.6) is 0 Å². The van der Waals surface area contributed by atoms with E-state index in [2.05, 4.69) is 15.6 Å². The maximum Gasteiger partial charge on any atom is 0.257 e. The van der Waals surface area contributed by atoms with Gasteiger partial charge in [0.1, 0.15) is 0 Å². The van der Waals surface area contributed by atoms with Gasteiger partial charge in [-0.25, -0.2) is 4.98 Å². The van der Waals surface area contributed by atoms with Gasteiger partial charge < -0.3 is 5.32 Å². The van der Waals surface area contributed by atoms with Crippen LogP contribution in [0.15, 0.2) is 24.3 Å². The zero-order chi connectivity index (χ0) is 16.4. The molecule has 120 valence electrons. The first-order valence-electron chi connectivity index (χ1n) is 7.67. The Labute approximate surface area is 139 Å². The van der Waals surface area contributed by atoms with Crippen molar-refractivity contribution in [3.8, 4) is 0 Å². The molecule has 1 aliphatic rings. The summed E-state index contributed by atoms with van der Waals surface area (Å²) in [4.78, 5) is 29.9. The van der Waals surface area contributed by atoms with Gasteiger partial charge in [0.25, 0.3) is 5.91 Å². The fourth-order valence-corrected chi connectivity index (χ4v) is 3.84. The lowest BCUT2D eigenvalue weighted by molar-refractivity contribution is -0.122. The number of hydrogen-bond acceptors (Lipinski definition) is 4. The SMILES string of the molecule is CNC(=O)C1CCCc2sc(NC(=O)c3ccc(C)cc3)nc21. The molecule has 1 aliphatic carbocycles. The molecular formula is C17H19N3O2S. The van der Waals surface area contributed by atoms with Gasteiger partial charge in [0.15, 0.2) is 5.13 Å². The largest absolute Gasteiger partial charge is 0.359 e. The van der Waals surface area contributed by atoms with Gasteiger partial charge in [-0.05, 0) is 38.3 Å². The first-order chi connectivity index (χ1) is 11.1. The molecule has 0 spiro atoms. The molecule has 1 unspecified atom stereocenters. The van der Waals surface area contributed by atoms with E-state index in [1.807, 2.05) is 19.1 Å². The number of fused-ring (bicyclic) bond motifs is 1. The second kappa shape index (κ2) is 6.50. The number of anilines is 1. The Balaban J connectivity index is 1.80. The average Bonchev–Trinajstić information content (AvgIpc) is 2.96. The highest BCUT2D eigenvalue weighted by Crippen LogP contribution is 2.36. The van der Waals surface area contributed by atoms with Gasteiger partial charge in [-0.1, -0.05) is 17.7 Å². The van der Waals surface area contributed by atoms with Crippen molar-refractivity contribution in [2.24, 2.45) is 0 Å². The number of carbonyl (C=O) groups excluding carboxylic acids is 2. The highest BCUT2D eigenvalue weighted by Gasteiger charge is 2.29. The Morgan fingerprint density at radius 1 is 1.26 bits per heavy atom. The normalized spacial score (nSPS) is 16.5. The minimum atomic E-state index is -0.204. The summed E-state index contributed by atoms with van der Waals surface area (Å²) in [6.45, 7) is 1.98. The van der Waals surface area contributed by atoms with Crippen LogP contribution in [0, 0.1) is 6.92 Å². The molecule has 5 nitrogen and oxygen atoms in total. The number of nitrogens with one attached hydrogen (secondary N) is 2. The Kier molecular flexibility index (Phi) is 4.43. The van der Waals surface area contributed by atoms with Crippen molar-refractivity contribution in [2.75, 3.05) is 12.4 Å². The van der Waals surface area contributed by atoms with Gasteiger partial charge in [0.2, 0.25) is 5.91 Å². The Morgan fingerprint density at radius 2 is 2.00 bits per heavy atom. The monoisotopic (exact) mass is 329 g/mol. The van der Waals surface area contributed by atoms with E-state index in [4.69, 9.17) is 0 Å². The number of likely N-dealkylation sites (N-methyl/N-ethyl adjacent to an activating group) is 1. The molecule has 1 heterocycles. The fraction of sp³-hybridized carbons (Fsp3) is 0.353. The van der Waals surface area contributed by atoms with E-state index in [1.54, 1.807) is 19.2 Å². The number of rotatable bonds is 3. The zero-order valence-corrected chi connectivity index (χ0v) is 14.0. The van der Waals surface area contributed by atoms with Gasteiger partial charge in [-0.3, -0.25) is 14.9 Å². The van der Waals surface area contributed by atoms with E-state index in [1.165, 1.54) is 11.3 Å². The fourth-order valence-electron chi connectivity index (χ4n) is 2.78. The number of aromatic nitrogens is 1. The Bertz CT molecular complexity index is 737. The lowest BCUT2D eigenvalue weighted by Gasteiger charge is -2.19. The second-order valence-electron chi connectivity index (χ2n) is 5.71. The van der Waals surface area contributed by atoms with E-state index in [0.29, 0.717) is 10.7 Å². The van der Waals surface area contributed by atoms with Crippen LogP contribution in [0.3, 0.4) is 0 Å². The zero-order valence-electron chi connectivity index (χ0n) is 13.2. The molecule has 0 fully saturated rings. The number of thiazole rings is 1. The van der Waals surface area contributed by atoms with E-state index in [9.17, 15) is 9.59 Å². The Hall–Kier alpha value is -2.21. The standard InChI is InChI=1S/C17H19N3O2S/c1-10-6-8-11(9-7-10)15(21)20-17-19-14-12(16(22)18-2)4-3-5-13(14)23-17/h6-9,12H,3-5H2,1-2H3,(H,18,22)(H,19,20,21). The summed E-state index contributed by atoms with van der Waals surface area (Å²) in [6, 6.07) is 7.41. The first-order valence-corrected chi connectivity index (χ1v) is 8.49. The average molecular weight is 329 g/mol. The topological polar surface area (TPSA) is 71.1 Å². The van der Waals surface area contributed by atoms with Gasteiger partial charge >= 0.3 is 0 Å². The molecule has 3 rings (SSSR count). The first kappa shape index (κ1) is 15.7. The summed E-state index contributed by atoms with van der Waals surface area (Å²) in [5.74, 6) is -0.384. The molecule has 2 N–H and O–H groups in total. The maximum atomic E-state index is 12.3. The van der Waals surface area contributed by atoms with Crippen molar-refractivity contribution in [1.29, 1.82) is 0 Å². The molecule has 6 heteroatoms. The van der Waals surface area contributed by atoms with Crippen LogP contribution in [0.4, 0.5) is 5.13 Å². The van der Waals surface area contributed by atoms with E-state index in [0.717, 1.165) is 35.4 Å². The highest BCUT2D eigenvalue weighted by atomic mass is 32.1. The van der Waals surface area contributed by atoms with Gasteiger partial charge in [-0.2, -0.15) is 0 Å². The smallest absolute Gasteiger partial charge is 0.257 e. The van der Waals surface area contributed by atoms with E-state index < -0.39 is 0 Å². The summed E-state index contributed by atoms with van der Waals surface area (Å²) in [5.41, 5.74) is 2.53. The maximum absolute atomic E-state index is 12.3. The van der Waals surface area contributed by atoms with Gasteiger partial charge in [0, 0.05) is 17.5 Å². The molecule has 0 saturated heterocycles.